The lowest BCUT2D eigenvalue weighted by atomic mass is 10.2. The van der Waals surface area contributed by atoms with Crippen molar-refractivity contribution >= 4 is 5.69 Å². The molecule has 0 bridgehead atoms. The molecule has 10 heteroatoms. The van der Waals surface area contributed by atoms with Crippen LogP contribution in [0, 0.1) is 0 Å². The zero-order valence-electron chi connectivity index (χ0n) is 14.8. The molecule has 0 aliphatic carbocycles. The van der Waals surface area contributed by atoms with Gasteiger partial charge in [0, 0.05) is 7.11 Å². The fourth-order valence-corrected chi connectivity index (χ4v) is 2.45. The first kappa shape index (κ1) is 20.7. The molecule has 1 aromatic heterocycles. The highest BCUT2D eigenvalue weighted by Gasteiger charge is 2.38. The van der Waals surface area contributed by atoms with Crippen molar-refractivity contribution in [1.82, 2.24) is 9.78 Å². The Morgan fingerprint density at radius 2 is 1.93 bits per heavy atom. The van der Waals surface area contributed by atoms with Crippen LogP contribution in [-0.2, 0) is 17.5 Å². The minimum atomic E-state index is -4.89. The number of aromatic nitrogens is 2. The van der Waals surface area contributed by atoms with Crippen LogP contribution in [0.25, 0.3) is 0 Å². The molecule has 2 aromatic rings. The van der Waals surface area contributed by atoms with E-state index in [2.05, 4.69) is 10.4 Å². The zero-order chi connectivity index (χ0) is 20.0. The summed E-state index contributed by atoms with van der Waals surface area (Å²) in [6, 6.07) is 5.73. The minimum absolute atomic E-state index is 0.0390. The maximum Gasteiger partial charge on any atom is 0.423 e. The Bertz CT molecular complexity index is 807. The smallest absolute Gasteiger partial charge is 0.423 e. The van der Waals surface area contributed by atoms with E-state index in [1.165, 1.54) is 14.2 Å². The lowest BCUT2D eigenvalue weighted by Crippen LogP contribution is -2.35. The van der Waals surface area contributed by atoms with E-state index >= 15 is 0 Å². The Balaban J connectivity index is 2.39. The molecule has 1 unspecified atom stereocenters. The Morgan fingerprint density at radius 1 is 1.26 bits per heavy atom. The molecule has 0 radical (unpaired) electrons. The molecule has 0 spiro atoms. The molecule has 0 amide bonds. The van der Waals surface area contributed by atoms with Crippen LogP contribution >= 0.6 is 0 Å². The molecular weight excluding hydrogens is 367 g/mol. The summed E-state index contributed by atoms with van der Waals surface area (Å²) in [5.41, 5.74) is -2.57. The van der Waals surface area contributed by atoms with Gasteiger partial charge in [-0.25, -0.2) is 4.68 Å². The van der Waals surface area contributed by atoms with E-state index in [1.54, 1.807) is 24.3 Å². The van der Waals surface area contributed by atoms with E-state index in [4.69, 9.17) is 9.47 Å². The van der Waals surface area contributed by atoms with Crippen LogP contribution in [0.4, 0.5) is 18.9 Å². The summed E-state index contributed by atoms with van der Waals surface area (Å²) < 4.78 is 51.0. The second-order valence-electron chi connectivity index (χ2n) is 5.72. The Labute approximate surface area is 153 Å². The van der Waals surface area contributed by atoms with Gasteiger partial charge in [-0.3, -0.25) is 4.79 Å². The summed E-state index contributed by atoms with van der Waals surface area (Å²) >= 11 is 0. The van der Waals surface area contributed by atoms with E-state index in [0.29, 0.717) is 11.3 Å². The van der Waals surface area contributed by atoms with E-state index in [9.17, 15) is 23.1 Å². The van der Waals surface area contributed by atoms with Crippen LogP contribution in [-0.4, -0.2) is 48.4 Å². The van der Waals surface area contributed by atoms with Gasteiger partial charge in [0.1, 0.15) is 11.3 Å². The average Bonchev–Trinajstić information content (AvgIpc) is 2.63. The number of rotatable bonds is 8. The Hall–Kier alpha value is -2.59. The van der Waals surface area contributed by atoms with Gasteiger partial charge in [-0.2, -0.15) is 18.3 Å². The highest BCUT2D eigenvalue weighted by molar-refractivity contribution is 5.50. The standard InChI is InChI=1S/C17H20F3N3O4/c1-26-10-12(9-24)22-14-7-21-23(16(25)15(14)17(18,19)20)8-11-3-5-13(27-2)6-4-11/h3-7,12,22,24H,8-10H2,1-2H3. The number of methoxy groups -OCH3 is 2. The van der Waals surface area contributed by atoms with Crippen molar-refractivity contribution in [1.29, 1.82) is 0 Å². The topological polar surface area (TPSA) is 85.6 Å². The van der Waals surface area contributed by atoms with Gasteiger partial charge in [0.05, 0.1) is 44.8 Å². The van der Waals surface area contributed by atoms with Gasteiger partial charge in [-0.1, -0.05) is 12.1 Å². The first-order valence-electron chi connectivity index (χ1n) is 7.96. The van der Waals surface area contributed by atoms with Gasteiger partial charge in [-0.05, 0) is 17.7 Å². The van der Waals surface area contributed by atoms with Crippen molar-refractivity contribution in [2.45, 2.75) is 18.8 Å². The third kappa shape index (κ3) is 5.20. The lowest BCUT2D eigenvalue weighted by Gasteiger charge is -2.20. The number of benzene rings is 1. The predicted molar refractivity (Wildman–Crippen MR) is 92.0 cm³/mol. The summed E-state index contributed by atoms with van der Waals surface area (Å²) in [6.45, 7) is -0.642. The predicted octanol–water partition coefficient (Wildman–Crippen LogP) is 1.74. The van der Waals surface area contributed by atoms with Crippen LogP contribution in [0.2, 0.25) is 0 Å². The third-order valence-electron chi connectivity index (χ3n) is 3.77. The number of ether oxygens (including phenoxy) is 2. The molecular formula is C17H20F3N3O4. The first-order valence-corrected chi connectivity index (χ1v) is 7.96. The number of halogens is 3. The van der Waals surface area contributed by atoms with E-state index in [-0.39, 0.29) is 13.2 Å². The average molecular weight is 387 g/mol. The summed E-state index contributed by atoms with van der Waals surface area (Å²) in [7, 11) is 2.84. The highest BCUT2D eigenvalue weighted by Crippen LogP contribution is 2.32. The highest BCUT2D eigenvalue weighted by atomic mass is 19.4. The SMILES string of the molecule is COCC(CO)Nc1cnn(Cc2ccc(OC)cc2)c(=O)c1C(F)(F)F. The van der Waals surface area contributed by atoms with Crippen molar-refractivity contribution < 1.29 is 27.8 Å². The number of anilines is 1. The molecule has 0 aliphatic rings. The van der Waals surface area contributed by atoms with Gasteiger partial charge in [0.2, 0.25) is 0 Å². The van der Waals surface area contributed by atoms with Crippen molar-refractivity contribution in [2.75, 3.05) is 32.8 Å². The van der Waals surface area contributed by atoms with Crippen molar-refractivity contribution in [3.8, 4) is 5.75 Å². The van der Waals surface area contributed by atoms with Gasteiger partial charge >= 0.3 is 6.18 Å². The molecule has 0 saturated heterocycles. The van der Waals surface area contributed by atoms with E-state index in [0.717, 1.165) is 10.9 Å². The Morgan fingerprint density at radius 3 is 2.44 bits per heavy atom. The van der Waals surface area contributed by atoms with E-state index < -0.39 is 35.6 Å². The molecule has 1 aromatic carbocycles. The van der Waals surface area contributed by atoms with Crippen molar-refractivity contribution in [3.63, 3.8) is 0 Å². The summed E-state index contributed by atoms with van der Waals surface area (Å²) in [5.74, 6) is 0.586. The van der Waals surface area contributed by atoms with E-state index in [1.807, 2.05) is 0 Å². The number of aliphatic hydroxyl groups excluding tert-OH is 1. The van der Waals surface area contributed by atoms with Gasteiger partial charge < -0.3 is 19.9 Å². The fraction of sp³-hybridized carbons (Fsp3) is 0.412. The summed E-state index contributed by atoms with van der Waals surface area (Å²) in [5, 5.41) is 15.5. The molecule has 0 fully saturated rings. The second kappa shape index (κ2) is 8.87. The minimum Gasteiger partial charge on any atom is -0.497 e. The molecule has 0 aliphatic heterocycles. The number of aliphatic hydroxyl groups is 1. The largest absolute Gasteiger partial charge is 0.497 e. The van der Waals surface area contributed by atoms with Crippen molar-refractivity contribution in [2.24, 2.45) is 0 Å². The molecule has 2 N–H and O–H groups in total. The second-order valence-corrected chi connectivity index (χ2v) is 5.72. The maximum atomic E-state index is 13.5. The van der Waals surface area contributed by atoms with Crippen LogP contribution < -0.4 is 15.6 Å². The molecule has 2 rings (SSSR count). The molecule has 1 heterocycles. The lowest BCUT2D eigenvalue weighted by molar-refractivity contribution is -0.138. The number of nitrogens with zero attached hydrogens (tertiary/aromatic N) is 2. The van der Waals surface area contributed by atoms with Gasteiger partial charge in [-0.15, -0.1) is 0 Å². The molecule has 7 nitrogen and oxygen atoms in total. The molecule has 27 heavy (non-hydrogen) atoms. The Kier molecular flexibility index (Phi) is 6.81. The number of alkyl halides is 3. The molecule has 0 saturated carbocycles. The normalized spacial score (nSPS) is 12.7. The maximum absolute atomic E-state index is 13.5. The number of hydrogen-bond acceptors (Lipinski definition) is 6. The van der Waals surface area contributed by atoms with Crippen LogP contribution in [0.1, 0.15) is 11.1 Å². The molecule has 1 atom stereocenters. The van der Waals surface area contributed by atoms with Gasteiger partial charge in [0.15, 0.2) is 0 Å². The first-order chi connectivity index (χ1) is 12.8. The molecule has 148 valence electrons. The fourth-order valence-electron chi connectivity index (χ4n) is 2.45. The quantitative estimate of drug-likeness (QED) is 0.718. The van der Waals surface area contributed by atoms with Gasteiger partial charge in [0.25, 0.3) is 5.56 Å². The summed E-state index contributed by atoms with van der Waals surface area (Å²) in [6.07, 6.45) is -3.97. The number of nitrogens with one attached hydrogen (secondary N) is 1. The van der Waals surface area contributed by atoms with Crippen molar-refractivity contribution in [3.05, 3.63) is 51.9 Å². The zero-order valence-corrected chi connectivity index (χ0v) is 14.8. The summed E-state index contributed by atoms with van der Waals surface area (Å²) in [4.78, 5) is 12.4. The monoisotopic (exact) mass is 387 g/mol. The third-order valence-corrected chi connectivity index (χ3v) is 3.77. The van der Waals surface area contributed by atoms with Crippen LogP contribution in [0.15, 0.2) is 35.3 Å². The van der Waals surface area contributed by atoms with Crippen LogP contribution in [0.3, 0.4) is 0 Å². The van der Waals surface area contributed by atoms with Crippen LogP contribution in [0.5, 0.6) is 5.75 Å². The number of hydrogen-bond donors (Lipinski definition) is 2.